The number of nitrogens with one attached hydrogen (secondary N) is 1. The van der Waals surface area contributed by atoms with Crippen LogP contribution in [0, 0.1) is 25.2 Å². The molecule has 0 spiro atoms. The van der Waals surface area contributed by atoms with Crippen molar-refractivity contribution in [3.63, 3.8) is 0 Å². The van der Waals surface area contributed by atoms with Gasteiger partial charge in [0.15, 0.2) is 11.5 Å². The summed E-state index contributed by atoms with van der Waals surface area (Å²) in [7, 11) is 3.04. The molecule has 124 valence electrons. The highest BCUT2D eigenvalue weighted by Crippen LogP contribution is 2.32. The lowest BCUT2D eigenvalue weighted by molar-refractivity contribution is -0.113. The average Bonchev–Trinajstić information content (AvgIpc) is 2.90. The van der Waals surface area contributed by atoms with E-state index in [2.05, 4.69) is 5.43 Å². The Morgan fingerprint density at radius 2 is 1.83 bits per heavy atom. The molecule has 1 aromatic heterocycles. The number of carbonyl (C=O) groups is 1. The van der Waals surface area contributed by atoms with Crippen LogP contribution in [0.15, 0.2) is 35.9 Å². The van der Waals surface area contributed by atoms with Crippen LogP contribution in [0.4, 0.5) is 0 Å². The second kappa shape index (κ2) is 7.38. The van der Waals surface area contributed by atoms with E-state index >= 15 is 0 Å². The molecule has 0 bridgehead atoms. The summed E-state index contributed by atoms with van der Waals surface area (Å²) in [5, 5.41) is 9.35. The fraction of sp³-hybridized carbons (Fsp3) is 0.222. The Morgan fingerprint density at radius 3 is 2.38 bits per heavy atom. The number of aromatic nitrogens is 1. The SMILES string of the molecule is COc1cccc(/C=C(/C#N)C(=O)Nn2c(C)ccc2C)c1OC. The van der Waals surface area contributed by atoms with Gasteiger partial charge in [-0.25, -0.2) is 0 Å². The van der Waals surface area contributed by atoms with Crippen LogP contribution in [0.25, 0.3) is 6.08 Å². The van der Waals surface area contributed by atoms with Gasteiger partial charge in [0.05, 0.1) is 14.2 Å². The van der Waals surface area contributed by atoms with Crippen molar-refractivity contribution in [2.45, 2.75) is 13.8 Å². The van der Waals surface area contributed by atoms with Gasteiger partial charge in [0.1, 0.15) is 11.6 Å². The van der Waals surface area contributed by atoms with Crippen molar-refractivity contribution in [1.29, 1.82) is 5.26 Å². The largest absolute Gasteiger partial charge is 0.493 e. The van der Waals surface area contributed by atoms with Gasteiger partial charge in [-0.05, 0) is 38.1 Å². The second-order valence-electron chi connectivity index (χ2n) is 5.14. The third-order valence-electron chi connectivity index (χ3n) is 3.58. The van der Waals surface area contributed by atoms with Crippen LogP contribution in [0.1, 0.15) is 17.0 Å². The maximum atomic E-state index is 12.4. The Hall–Kier alpha value is -3.20. The van der Waals surface area contributed by atoms with E-state index in [1.165, 1.54) is 20.3 Å². The highest BCUT2D eigenvalue weighted by molar-refractivity contribution is 6.06. The van der Waals surface area contributed by atoms with Crippen molar-refractivity contribution >= 4 is 12.0 Å². The van der Waals surface area contributed by atoms with E-state index in [0.717, 1.165) is 11.4 Å². The minimum Gasteiger partial charge on any atom is -0.493 e. The molecule has 0 aliphatic carbocycles. The second-order valence-corrected chi connectivity index (χ2v) is 5.14. The molecule has 6 heteroatoms. The molecular weight excluding hydrogens is 306 g/mol. The standard InChI is InChI=1S/C18H19N3O3/c1-12-8-9-13(2)21(12)20-18(22)15(11-19)10-14-6-5-7-16(23-3)17(14)24-4/h5-10H,1-4H3,(H,20,22)/b15-10-. The van der Waals surface area contributed by atoms with Crippen LogP contribution in [0.3, 0.4) is 0 Å². The minimum atomic E-state index is -0.496. The summed E-state index contributed by atoms with van der Waals surface area (Å²) in [6.45, 7) is 3.74. The smallest absolute Gasteiger partial charge is 0.280 e. The summed E-state index contributed by atoms with van der Waals surface area (Å²) in [5.41, 5.74) is 5.01. The van der Waals surface area contributed by atoms with Crippen LogP contribution in [0.2, 0.25) is 0 Å². The van der Waals surface area contributed by atoms with Gasteiger partial charge in [-0.15, -0.1) is 0 Å². The summed E-state index contributed by atoms with van der Waals surface area (Å²) >= 11 is 0. The van der Waals surface area contributed by atoms with Gasteiger partial charge in [-0.3, -0.25) is 14.9 Å². The van der Waals surface area contributed by atoms with E-state index < -0.39 is 5.91 Å². The lowest BCUT2D eigenvalue weighted by atomic mass is 10.1. The predicted molar refractivity (Wildman–Crippen MR) is 91.4 cm³/mol. The first-order chi connectivity index (χ1) is 11.5. The van der Waals surface area contributed by atoms with E-state index in [0.29, 0.717) is 17.1 Å². The average molecular weight is 325 g/mol. The number of carbonyl (C=O) groups excluding carboxylic acids is 1. The van der Waals surface area contributed by atoms with Crippen molar-refractivity contribution in [3.8, 4) is 17.6 Å². The molecule has 1 aromatic carbocycles. The van der Waals surface area contributed by atoms with Crippen molar-refractivity contribution in [3.05, 3.63) is 52.9 Å². The Labute approximate surface area is 140 Å². The maximum absolute atomic E-state index is 12.4. The van der Waals surface area contributed by atoms with Crippen LogP contribution >= 0.6 is 0 Å². The summed E-state index contributed by atoms with van der Waals surface area (Å²) in [5.74, 6) is 0.500. The van der Waals surface area contributed by atoms with Gasteiger partial charge in [-0.1, -0.05) is 12.1 Å². The first-order valence-corrected chi connectivity index (χ1v) is 7.31. The molecule has 1 amide bonds. The number of amides is 1. The number of nitrogens with zero attached hydrogens (tertiary/aromatic N) is 2. The molecule has 0 atom stereocenters. The number of hydrogen-bond donors (Lipinski definition) is 1. The van der Waals surface area contributed by atoms with Gasteiger partial charge in [0.25, 0.3) is 5.91 Å². The Bertz CT molecular complexity index is 809. The Morgan fingerprint density at radius 1 is 1.17 bits per heavy atom. The lowest BCUT2D eigenvalue weighted by Crippen LogP contribution is -2.25. The highest BCUT2D eigenvalue weighted by Gasteiger charge is 2.14. The quantitative estimate of drug-likeness (QED) is 0.677. The number of benzene rings is 1. The molecule has 1 heterocycles. The molecule has 2 rings (SSSR count). The molecular formula is C18H19N3O3. The molecule has 0 aliphatic rings. The zero-order valence-corrected chi connectivity index (χ0v) is 14.1. The summed E-state index contributed by atoms with van der Waals surface area (Å²) < 4.78 is 12.2. The Balaban J connectivity index is 2.37. The van der Waals surface area contributed by atoms with E-state index in [1.54, 1.807) is 22.9 Å². The molecule has 0 aliphatic heterocycles. The molecule has 0 unspecified atom stereocenters. The molecule has 6 nitrogen and oxygen atoms in total. The number of nitriles is 1. The van der Waals surface area contributed by atoms with Gasteiger partial charge < -0.3 is 9.47 Å². The molecule has 1 N–H and O–H groups in total. The van der Waals surface area contributed by atoms with Gasteiger partial charge in [-0.2, -0.15) is 5.26 Å². The topological polar surface area (TPSA) is 76.3 Å². The van der Waals surface area contributed by atoms with E-state index in [9.17, 15) is 10.1 Å². The van der Waals surface area contributed by atoms with E-state index in [4.69, 9.17) is 9.47 Å². The fourth-order valence-corrected chi connectivity index (χ4v) is 2.34. The summed E-state index contributed by atoms with van der Waals surface area (Å²) in [6, 6.07) is 11.0. The molecule has 0 radical (unpaired) electrons. The number of hydrogen-bond acceptors (Lipinski definition) is 4. The van der Waals surface area contributed by atoms with Crippen molar-refractivity contribution in [2.24, 2.45) is 0 Å². The van der Waals surface area contributed by atoms with Crippen molar-refractivity contribution in [1.82, 2.24) is 4.68 Å². The molecule has 2 aromatic rings. The number of para-hydroxylation sites is 1. The third kappa shape index (κ3) is 3.41. The first-order valence-electron chi connectivity index (χ1n) is 7.31. The number of rotatable bonds is 5. The van der Waals surface area contributed by atoms with Crippen LogP contribution in [-0.4, -0.2) is 24.8 Å². The zero-order chi connectivity index (χ0) is 17.7. The first kappa shape index (κ1) is 17.2. The third-order valence-corrected chi connectivity index (χ3v) is 3.58. The molecule has 0 saturated carbocycles. The maximum Gasteiger partial charge on any atom is 0.280 e. The fourth-order valence-electron chi connectivity index (χ4n) is 2.34. The van der Waals surface area contributed by atoms with E-state index in [-0.39, 0.29) is 5.57 Å². The normalized spacial score (nSPS) is 10.9. The summed E-state index contributed by atoms with van der Waals surface area (Å²) in [4.78, 5) is 12.4. The molecule has 0 saturated heterocycles. The molecule has 24 heavy (non-hydrogen) atoms. The van der Waals surface area contributed by atoms with Crippen LogP contribution in [0.5, 0.6) is 11.5 Å². The zero-order valence-electron chi connectivity index (χ0n) is 14.1. The van der Waals surface area contributed by atoms with Crippen LogP contribution in [-0.2, 0) is 4.79 Å². The van der Waals surface area contributed by atoms with Crippen molar-refractivity contribution < 1.29 is 14.3 Å². The molecule has 0 fully saturated rings. The summed E-state index contributed by atoms with van der Waals surface area (Å²) in [6.07, 6.45) is 1.48. The number of ether oxygens (including phenoxy) is 2. The minimum absolute atomic E-state index is 0.0333. The van der Waals surface area contributed by atoms with Gasteiger partial charge in [0.2, 0.25) is 0 Å². The van der Waals surface area contributed by atoms with E-state index in [1.807, 2.05) is 32.0 Å². The Kier molecular flexibility index (Phi) is 5.27. The number of aryl methyl sites for hydroxylation is 2. The predicted octanol–water partition coefficient (Wildman–Crippen LogP) is 2.80. The van der Waals surface area contributed by atoms with Crippen LogP contribution < -0.4 is 14.9 Å². The number of methoxy groups -OCH3 is 2. The van der Waals surface area contributed by atoms with Crippen molar-refractivity contribution in [2.75, 3.05) is 19.6 Å². The van der Waals surface area contributed by atoms with Gasteiger partial charge >= 0.3 is 0 Å². The highest BCUT2D eigenvalue weighted by atomic mass is 16.5. The lowest BCUT2D eigenvalue weighted by Gasteiger charge is -2.12. The van der Waals surface area contributed by atoms with Gasteiger partial charge in [0, 0.05) is 17.0 Å². The monoisotopic (exact) mass is 325 g/mol.